The number of hydrogen-bond acceptors (Lipinski definition) is 2. The summed E-state index contributed by atoms with van der Waals surface area (Å²) in [5.41, 5.74) is 9.65. The minimum atomic E-state index is -0.00568. The quantitative estimate of drug-likeness (QED) is 0.864. The molecule has 0 bridgehead atoms. The number of hydrogen-bond donors (Lipinski definition) is 1. The van der Waals surface area contributed by atoms with Crippen LogP contribution in [0.3, 0.4) is 0 Å². The molecule has 17 heavy (non-hydrogen) atoms. The SMILES string of the molecule is CCC(N)c1ccc(-c2cccc(C)c2C)o1. The first-order valence-corrected chi connectivity index (χ1v) is 6.05. The van der Waals surface area contributed by atoms with Crippen LogP contribution >= 0.6 is 0 Å². The molecule has 1 heterocycles. The normalized spacial score (nSPS) is 12.7. The average Bonchev–Trinajstić information content (AvgIpc) is 2.81. The Kier molecular flexibility index (Phi) is 3.34. The van der Waals surface area contributed by atoms with E-state index in [1.54, 1.807) is 0 Å². The third-order valence-corrected chi connectivity index (χ3v) is 3.30. The van der Waals surface area contributed by atoms with Gasteiger partial charge in [-0.3, -0.25) is 0 Å². The van der Waals surface area contributed by atoms with Crippen molar-refractivity contribution in [3.05, 3.63) is 47.2 Å². The van der Waals surface area contributed by atoms with E-state index >= 15 is 0 Å². The summed E-state index contributed by atoms with van der Waals surface area (Å²) in [6, 6.07) is 10.2. The van der Waals surface area contributed by atoms with Crippen molar-refractivity contribution in [2.75, 3.05) is 0 Å². The lowest BCUT2D eigenvalue weighted by Gasteiger charge is -2.07. The molecule has 0 spiro atoms. The van der Waals surface area contributed by atoms with E-state index in [0.717, 1.165) is 23.5 Å². The predicted molar refractivity (Wildman–Crippen MR) is 70.8 cm³/mol. The Morgan fingerprint density at radius 1 is 1.18 bits per heavy atom. The summed E-state index contributed by atoms with van der Waals surface area (Å²) in [4.78, 5) is 0. The van der Waals surface area contributed by atoms with Crippen molar-refractivity contribution in [2.45, 2.75) is 33.2 Å². The highest BCUT2D eigenvalue weighted by Gasteiger charge is 2.11. The van der Waals surface area contributed by atoms with E-state index in [1.165, 1.54) is 11.1 Å². The van der Waals surface area contributed by atoms with E-state index in [1.807, 2.05) is 12.1 Å². The fourth-order valence-corrected chi connectivity index (χ4v) is 1.92. The zero-order chi connectivity index (χ0) is 12.4. The van der Waals surface area contributed by atoms with Crippen molar-refractivity contribution in [1.29, 1.82) is 0 Å². The van der Waals surface area contributed by atoms with Gasteiger partial charge >= 0.3 is 0 Å². The van der Waals surface area contributed by atoms with Gasteiger partial charge in [-0.15, -0.1) is 0 Å². The van der Waals surface area contributed by atoms with Crippen LogP contribution in [0.4, 0.5) is 0 Å². The Morgan fingerprint density at radius 3 is 2.65 bits per heavy atom. The molecule has 2 N–H and O–H groups in total. The van der Waals surface area contributed by atoms with Gasteiger partial charge in [0.15, 0.2) is 0 Å². The van der Waals surface area contributed by atoms with Gasteiger partial charge in [0.25, 0.3) is 0 Å². The molecule has 0 aliphatic rings. The number of rotatable bonds is 3. The number of furan rings is 1. The predicted octanol–water partition coefficient (Wildman–Crippen LogP) is 3.97. The molecule has 0 fully saturated rings. The molecule has 0 saturated carbocycles. The van der Waals surface area contributed by atoms with Gasteiger partial charge in [-0.1, -0.05) is 25.1 Å². The topological polar surface area (TPSA) is 39.2 Å². The maximum absolute atomic E-state index is 5.96. The Hall–Kier alpha value is -1.54. The minimum Gasteiger partial charge on any atom is -0.459 e. The van der Waals surface area contributed by atoms with E-state index in [4.69, 9.17) is 10.2 Å². The lowest BCUT2D eigenvalue weighted by Crippen LogP contribution is -2.06. The molecule has 1 atom stereocenters. The molecule has 0 aliphatic carbocycles. The van der Waals surface area contributed by atoms with Gasteiger partial charge in [0, 0.05) is 5.56 Å². The lowest BCUT2D eigenvalue weighted by molar-refractivity contribution is 0.470. The molecular weight excluding hydrogens is 210 g/mol. The molecule has 90 valence electrons. The average molecular weight is 229 g/mol. The second-order valence-corrected chi connectivity index (χ2v) is 4.46. The summed E-state index contributed by atoms with van der Waals surface area (Å²) in [5, 5.41) is 0. The van der Waals surface area contributed by atoms with Crippen LogP contribution < -0.4 is 5.73 Å². The first kappa shape index (κ1) is 11.9. The minimum absolute atomic E-state index is 0.00568. The van der Waals surface area contributed by atoms with Gasteiger partial charge in [0.2, 0.25) is 0 Å². The van der Waals surface area contributed by atoms with Crippen LogP contribution in [0.1, 0.15) is 36.3 Å². The molecular formula is C15H19NO. The largest absolute Gasteiger partial charge is 0.459 e. The van der Waals surface area contributed by atoms with Crippen LogP contribution in [-0.4, -0.2) is 0 Å². The summed E-state index contributed by atoms with van der Waals surface area (Å²) in [6.07, 6.45) is 0.889. The molecule has 0 radical (unpaired) electrons. The van der Waals surface area contributed by atoms with Crippen molar-refractivity contribution in [1.82, 2.24) is 0 Å². The van der Waals surface area contributed by atoms with Crippen LogP contribution in [0.25, 0.3) is 11.3 Å². The molecule has 0 saturated heterocycles. The summed E-state index contributed by atoms with van der Waals surface area (Å²) in [7, 11) is 0. The zero-order valence-electron chi connectivity index (χ0n) is 10.7. The first-order valence-electron chi connectivity index (χ1n) is 6.05. The molecule has 1 unspecified atom stereocenters. The van der Waals surface area contributed by atoms with Gasteiger partial charge in [-0.2, -0.15) is 0 Å². The molecule has 2 aromatic rings. The lowest BCUT2D eigenvalue weighted by atomic mass is 10.0. The zero-order valence-corrected chi connectivity index (χ0v) is 10.7. The Bertz CT molecular complexity index is 513. The third kappa shape index (κ3) is 2.27. The molecule has 1 aromatic heterocycles. The molecule has 0 aliphatic heterocycles. The van der Waals surface area contributed by atoms with Gasteiger partial charge in [-0.05, 0) is 43.5 Å². The van der Waals surface area contributed by atoms with Crippen molar-refractivity contribution >= 4 is 0 Å². The number of benzene rings is 1. The summed E-state index contributed by atoms with van der Waals surface area (Å²) < 4.78 is 5.83. The number of aryl methyl sites for hydroxylation is 1. The smallest absolute Gasteiger partial charge is 0.134 e. The standard InChI is InChI=1S/C15H19NO/c1-4-13(16)15-9-8-14(17-15)12-7-5-6-10(2)11(12)3/h5-9,13H,4,16H2,1-3H3. The van der Waals surface area contributed by atoms with Crippen molar-refractivity contribution in [3.8, 4) is 11.3 Å². The van der Waals surface area contributed by atoms with E-state index in [0.29, 0.717) is 0 Å². The molecule has 0 amide bonds. The van der Waals surface area contributed by atoms with Gasteiger partial charge in [-0.25, -0.2) is 0 Å². The second-order valence-electron chi connectivity index (χ2n) is 4.46. The molecule has 1 aromatic carbocycles. The highest BCUT2D eigenvalue weighted by molar-refractivity contribution is 5.63. The van der Waals surface area contributed by atoms with Gasteiger partial charge in [0.05, 0.1) is 6.04 Å². The van der Waals surface area contributed by atoms with E-state index in [9.17, 15) is 0 Å². The third-order valence-electron chi connectivity index (χ3n) is 3.30. The first-order chi connectivity index (χ1) is 8.13. The maximum atomic E-state index is 5.96. The molecule has 2 heteroatoms. The van der Waals surface area contributed by atoms with Crippen LogP contribution in [0.5, 0.6) is 0 Å². The van der Waals surface area contributed by atoms with Crippen molar-refractivity contribution in [3.63, 3.8) is 0 Å². The summed E-state index contributed by atoms with van der Waals surface area (Å²) in [6.45, 7) is 6.29. The molecule has 2 nitrogen and oxygen atoms in total. The summed E-state index contributed by atoms with van der Waals surface area (Å²) in [5.74, 6) is 1.77. The monoisotopic (exact) mass is 229 g/mol. The van der Waals surface area contributed by atoms with Crippen LogP contribution in [0.15, 0.2) is 34.7 Å². The van der Waals surface area contributed by atoms with Crippen LogP contribution in [0, 0.1) is 13.8 Å². The molecule has 2 rings (SSSR count). The fraction of sp³-hybridized carbons (Fsp3) is 0.333. The Morgan fingerprint density at radius 2 is 1.94 bits per heavy atom. The van der Waals surface area contributed by atoms with Gasteiger partial charge in [0.1, 0.15) is 11.5 Å². The Labute approximate surface area is 102 Å². The fourth-order valence-electron chi connectivity index (χ4n) is 1.92. The highest BCUT2D eigenvalue weighted by Crippen LogP contribution is 2.29. The summed E-state index contributed by atoms with van der Waals surface area (Å²) >= 11 is 0. The van der Waals surface area contributed by atoms with E-state index in [2.05, 4.69) is 39.0 Å². The Balaban J connectivity index is 2.40. The highest BCUT2D eigenvalue weighted by atomic mass is 16.3. The van der Waals surface area contributed by atoms with Crippen molar-refractivity contribution < 1.29 is 4.42 Å². The maximum Gasteiger partial charge on any atom is 0.134 e. The second kappa shape index (κ2) is 4.76. The van der Waals surface area contributed by atoms with Crippen molar-refractivity contribution in [2.24, 2.45) is 5.73 Å². The van der Waals surface area contributed by atoms with Crippen LogP contribution in [-0.2, 0) is 0 Å². The number of nitrogens with two attached hydrogens (primary N) is 1. The van der Waals surface area contributed by atoms with E-state index < -0.39 is 0 Å². The van der Waals surface area contributed by atoms with E-state index in [-0.39, 0.29) is 6.04 Å². The van der Waals surface area contributed by atoms with Crippen LogP contribution in [0.2, 0.25) is 0 Å². The van der Waals surface area contributed by atoms with Gasteiger partial charge < -0.3 is 10.2 Å².